The number of ether oxygens (including phenoxy) is 3. The van der Waals surface area contributed by atoms with Crippen molar-refractivity contribution in [1.29, 1.82) is 0 Å². The zero-order valence-corrected chi connectivity index (χ0v) is 28.1. The van der Waals surface area contributed by atoms with Crippen molar-refractivity contribution in [2.24, 2.45) is 0 Å². The van der Waals surface area contributed by atoms with Gasteiger partial charge in [0, 0.05) is 24.2 Å². The second-order valence-electron chi connectivity index (χ2n) is 11.8. The quantitative estimate of drug-likeness (QED) is 0.147. The monoisotopic (exact) mass is 713 g/mol. The molecule has 1 aliphatic rings. The van der Waals surface area contributed by atoms with Crippen LogP contribution >= 0.6 is 0 Å². The van der Waals surface area contributed by atoms with Crippen molar-refractivity contribution in [2.75, 3.05) is 57.7 Å². The lowest BCUT2D eigenvalue weighted by Gasteiger charge is -2.26. The van der Waals surface area contributed by atoms with E-state index in [1.807, 2.05) is 19.0 Å². The van der Waals surface area contributed by atoms with Gasteiger partial charge in [0.1, 0.15) is 11.9 Å². The van der Waals surface area contributed by atoms with E-state index in [1.165, 1.54) is 24.3 Å². The first-order chi connectivity index (χ1) is 23.2. The molecule has 1 heterocycles. The molecule has 1 saturated heterocycles. The predicted octanol–water partition coefficient (Wildman–Crippen LogP) is 5.81. The maximum absolute atomic E-state index is 13.4. The van der Waals surface area contributed by atoms with Gasteiger partial charge < -0.3 is 29.3 Å². The number of hydrogen-bond acceptors (Lipinski definition) is 8. The number of nitrogens with zero attached hydrogens (tertiary/aromatic N) is 2. The van der Waals surface area contributed by atoms with Gasteiger partial charge in [-0.3, -0.25) is 4.79 Å². The second kappa shape index (κ2) is 16.7. The summed E-state index contributed by atoms with van der Waals surface area (Å²) in [5, 5.41) is 2.95. The number of nitrogens with one attached hydrogen (secondary N) is 1. The Morgan fingerprint density at radius 1 is 1.00 bits per heavy atom. The highest BCUT2D eigenvalue weighted by molar-refractivity contribution is 7.91. The van der Waals surface area contributed by atoms with Crippen LogP contribution in [0.5, 0.6) is 5.75 Å². The van der Waals surface area contributed by atoms with Crippen LogP contribution in [0.1, 0.15) is 40.9 Å². The molecule has 1 aliphatic heterocycles. The zero-order chi connectivity index (χ0) is 35.8. The molecule has 15 heteroatoms. The van der Waals surface area contributed by atoms with Gasteiger partial charge in [0.05, 0.1) is 54.7 Å². The number of alkyl halides is 5. The Bertz CT molecular complexity index is 1610. The molecule has 1 N–H and O–H groups in total. The first-order valence-corrected chi connectivity index (χ1v) is 17.3. The number of carbonyl (C=O) groups excluding carboxylic acids is 1. The minimum atomic E-state index is -4.49. The van der Waals surface area contributed by atoms with E-state index in [0.717, 1.165) is 12.1 Å². The number of carbonyl (C=O) groups is 1. The maximum atomic E-state index is 13.4. The van der Waals surface area contributed by atoms with Crippen molar-refractivity contribution in [2.45, 2.75) is 49.2 Å². The number of rotatable bonds is 16. The summed E-state index contributed by atoms with van der Waals surface area (Å²) in [6, 6.07) is 15.9. The van der Waals surface area contributed by atoms with Crippen LogP contribution < -0.4 is 15.0 Å². The van der Waals surface area contributed by atoms with Crippen molar-refractivity contribution in [3.63, 3.8) is 0 Å². The number of anilines is 1. The van der Waals surface area contributed by atoms with Gasteiger partial charge in [-0.05, 0) is 80.3 Å². The van der Waals surface area contributed by atoms with Gasteiger partial charge in [-0.2, -0.15) is 22.0 Å². The fourth-order valence-corrected chi connectivity index (χ4v) is 6.21. The van der Waals surface area contributed by atoms with E-state index < -0.39 is 52.3 Å². The van der Waals surface area contributed by atoms with E-state index >= 15 is 0 Å². The zero-order valence-electron chi connectivity index (χ0n) is 27.3. The van der Waals surface area contributed by atoms with E-state index in [-0.39, 0.29) is 42.6 Å². The molecule has 0 unspecified atom stereocenters. The third-order valence-corrected chi connectivity index (χ3v) is 9.78. The first-order valence-electron chi connectivity index (χ1n) is 15.6. The van der Waals surface area contributed by atoms with E-state index in [9.17, 15) is 35.2 Å². The summed E-state index contributed by atoms with van der Waals surface area (Å²) in [7, 11) is 0.405. The summed E-state index contributed by atoms with van der Waals surface area (Å²) in [5.41, 5.74) is 0.755. The number of hydrogen-bond donors (Lipinski definition) is 1. The normalized spacial score (nSPS) is 17.5. The van der Waals surface area contributed by atoms with Gasteiger partial charge in [-0.15, -0.1) is 0 Å². The number of benzene rings is 3. The molecule has 3 aromatic carbocycles. The molecule has 0 aliphatic carbocycles. The van der Waals surface area contributed by atoms with Crippen molar-refractivity contribution in [3.8, 4) is 5.75 Å². The molecule has 49 heavy (non-hydrogen) atoms. The van der Waals surface area contributed by atoms with Crippen LogP contribution in [0.2, 0.25) is 0 Å². The Balaban J connectivity index is 1.47. The second-order valence-corrected chi connectivity index (χ2v) is 14.1. The molecule has 3 aromatic rings. The van der Waals surface area contributed by atoms with Gasteiger partial charge >= 0.3 is 12.8 Å². The molecule has 268 valence electrons. The van der Waals surface area contributed by atoms with E-state index in [2.05, 4.69) is 10.1 Å². The highest BCUT2D eigenvalue weighted by atomic mass is 32.2. The molecule has 0 spiro atoms. The topological polar surface area (TPSA) is 97.4 Å². The summed E-state index contributed by atoms with van der Waals surface area (Å²) < 4.78 is 106. The van der Waals surface area contributed by atoms with Gasteiger partial charge in [0.25, 0.3) is 5.91 Å². The van der Waals surface area contributed by atoms with Crippen LogP contribution in [0.15, 0.2) is 77.7 Å². The summed E-state index contributed by atoms with van der Waals surface area (Å²) >= 11 is 0. The molecule has 9 nitrogen and oxygen atoms in total. The van der Waals surface area contributed by atoms with Crippen molar-refractivity contribution in [3.05, 3.63) is 89.5 Å². The minimum Gasteiger partial charge on any atom is -0.489 e. The molecule has 3 atom stereocenters. The molecule has 4 rings (SSSR count). The molecule has 1 fully saturated rings. The van der Waals surface area contributed by atoms with Crippen molar-refractivity contribution in [1.82, 2.24) is 10.2 Å². The summed E-state index contributed by atoms with van der Waals surface area (Å²) in [5.74, 6) is -0.247. The predicted molar refractivity (Wildman–Crippen MR) is 174 cm³/mol. The number of amides is 1. The largest absolute Gasteiger partial charge is 0.489 e. The third-order valence-electron chi connectivity index (χ3n) is 8.03. The Morgan fingerprint density at radius 3 is 2.22 bits per heavy atom. The number of halogens is 5. The average molecular weight is 714 g/mol. The number of likely N-dealkylation sites (N-methyl/N-ethyl adjacent to an activating group) is 1. The lowest BCUT2D eigenvalue weighted by molar-refractivity contribution is -0.137. The maximum Gasteiger partial charge on any atom is 0.416 e. The van der Waals surface area contributed by atoms with Gasteiger partial charge in [-0.25, -0.2) is 8.42 Å². The van der Waals surface area contributed by atoms with Crippen LogP contribution in [-0.4, -0.2) is 90.7 Å². The Labute approximate surface area is 282 Å². The molecule has 0 saturated carbocycles. The van der Waals surface area contributed by atoms with Crippen LogP contribution in [0.4, 0.5) is 27.6 Å². The number of sulfone groups is 1. The van der Waals surface area contributed by atoms with Crippen LogP contribution in [0.3, 0.4) is 0 Å². The lowest BCUT2D eigenvalue weighted by atomic mass is 10.1. The van der Waals surface area contributed by atoms with Crippen molar-refractivity contribution >= 4 is 21.4 Å². The summed E-state index contributed by atoms with van der Waals surface area (Å²) in [6.07, 6.45) is -4.75. The van der Waals surface area contributed by atoms with E-state index in [0.29, 0.717) is 30.0 Å². The van der Waals surface area contributed by atoms with Gasteiger partial charge in [-0.1, -0.05) is 19.1 Å². The van der Waals surface area contributed by atoms with Crippen LogP contribution in [-0.2, 0) is 25.5 Å². The molecular weight excluding hydrogens is 673 g/mol. The fourth-order valence-electron chi connectivity index (χ4n) is 5.32. The van der Waals surface area contributed by atoms with Gasteiger partial charge in [0.2, 0.25) is 0 Å². The SMILES string of the molecule is CCS(=O)(=O)c1ccc([C@H](COCCN(C)C)NC(=O)c2ccc(N3C[C@@H](Oc4ccc(C(F)(F)F)cc4)C[C@H]3COC(F)F)cc2)cc1. The molecule has 0 aromatic heterocycles. The van der Waals surface area contributed by atoms with E-state index in [4.69, 9.17) is 9.47 Å². The van der Waals surface area contributed by atoms with Crippen LogP contribution in [0, 0.1) is 0 Å². The third kappa shape index (κ3) is 10.8. The highest BCUT2D eigenvalue weighted by Crippen LogP contribution is 2.33. The molecule has 1 amide bonds. The lowest BCUT2D eigenvalue weighted by Crippen LogP contribution is -2.34. The fraction of sp³-hybridized carbons (Fsp3) is 0.441. The first kappa shape index (κ1) is 38.0. The minimum absolute atomic E-state index is 0.0413. The molecule has 0 bridgehead atoms. The Hall–Kier alpha value is -3.79. The average Bonchev–Trinajstić information content (AvgIpc) is 3.47. The Morgan fingerprint density at radius 2 is 1.65 bits per heavy atom. The smallest absolute Gasteiger partial charge is 0.416 e. The molecular formula is C34H40F5N3O6S. The highest BCUT2D eigenvalue weighted by Gasteiger charge is 2.35. The van der Waals surface area contributed by atoms with E-state index in [1.54, 1.807) is 48.2 Å². The summed E-state index contributed by atoms with van der Waals surface area (Å²) in [6.45, 7) is -0.308. The molecule has 0 radical (unpaired) electrons. The van der Waals surface area contributed by atoms with Crippen molar-refractivity contribution < 1.29 is 49.4 Å². The van der Waals surface area contributed by atoms with Crippen LogP contribution in [0.25, 0.3) is 0 Å². The summed E-state index contributed by atoms with van der Waals surface area (Å²) in [4.78, 5) is 17.3. The standard InChI is InChI=1S/C34H40F5N3O6S/c1-4-49(44,45)30-15-7-23(8-16-30)31(22-46-18-17-41(2)3)40-32(43)24-5-11-26(12-6-24)42-20-29(19-27(42)21-47-33(35)36)48-28-13-9-25(10-14-28)34(37,38)39/h5-16,27,29,31,33H,4,17-22H2,1-3H3,(H,40,43)/t27-,29-,31-/m0/s1. The Kier molecular flexibility index (Phi) is 13.0. The van der Waals surface area contributed by atoms with Gasteiger partial charge in [0.15, 0.2) is 9.84 Å².